The van der Waals surface area contributed by atoms with Crippen LogP contribution in [0.2, 0.25) is 18.1 Å². The zero-order chi connectivity index (χ0) is 11.0. The van der Waals surface area contributed by atoms with E-state index in [9.17, 15) is 8.90 Å². The molecular formula is C9H19FO3Si. The van der Waals surface area contributed by atoms with Gasteiger partial charge in [0.2, 0.25) is 8.41 Å². The van der Waals surface area contributed by atoms with Crippen LogP contribution in [0.5, 0.6) is 0 Å². The van der Waals surface area contributed by atoms with Crippen molar-refractivity contribution in [3.8, 4) is 0 Å². The highest BCUT2D eigenvalue weighted by molar-refractivity contribution is 6.73. The number of hydrogen-bond acceptors (Lipinski definition) is 3. The van der Waals surface area contributed by atoms with Gasteiger partial charge in [-0.1, -0.05) is 13.8 Å². The van der Waals surface area contributed by atoms with Gasteiger partial charge in [0.25, 0.3) is 0 Å². The molecule has 0 N–H and O–H groups in total. The maximum absolute atomic E-state index is 13.8. The average molecular weight is 222 g/mol. The fourth-order valence-corrected chi connectivity index (χ4v) is 3.19. The van der Waals surface area contributed by atoms with E-state index in [1.54, 1.807) is 0 Å². The molecule has 0 saturated carbocycles. The van der Waals surface area contributed by atoms with Crippen molar-refractivity contribution in [3.05, 3.63) is 0 Å². The van der Waals surface area contributed by atoms with E-state index in [1.807, 2.05) is 13.8 Å². The molecule has 0 bridgehead atoms. The number of carbonyl (C=O) groups is 1. The Kier molecular flexibility index (Phi) is 6.53. The number of methoxy groups -OCH3 is 1. The fourth-order valence-electron chi connectivity index (χ4n) is 1.21. The van der Waals surface area contributed by atoms with Crippen LogP contribution in [0.15, 0.2) is 0 Å². The van der Waals surface area contributed by atoms with Gasteiger partial charge in [0.05, 0.1) is 13.7 Å². The standard InChI is InChI=1S/C9H19FO3Si/c1-4-14(10,5-2)8-6-7-13-9(11)12-3/h4-8H2,1-3H3. The minimum atomic E-state index is -2.51. The summed E-state index contributed by atoms with van der Waals surface area (Å²) in [5.74, 6) is 0. The molecule has 0 heterocycles. The summed E-state index contributed by atoms with van der Waals surface area (Å²) in [5, 5.41) is 0. The summed E-state index contributed by atoms with van der Waals surface area (Å²) in [6, 6.07) is 1.85. The summed E-state index contributed by atoms with van der Waals surface area (Å²) in [7, 11) is -1.25. The lowest BCUT2D eigenvalue weighted by Crippen LogP contribution is -2.26. The maximum atomic E-state index is 13.8. The summed E-state index contributed by atoms with van der Waals surface area (Å²) in [6.07, 6.45) is -0.0939. The molecule has 3 nitrogen and oxygen atoms in total. The van der Waals surface area contributed by atoms with Crippen LogP contribution in [0.1, 0.15) is 20.3 Å². The van der Waals surface area contributed by atoms with E-state index in [0.29, 0.717) is 24.6 Å². The van der Waals surface area contributed by atoms with Crippen LogP contribution in [-0.4, -0.2) is 28.3 Å². The van der Waals surface area contributed by atoms with Gasteiger partial charge in [0, 0.05) is 0 Å². The SMILES string of the molecule is CC[Si](F)(CC)CCCOC(=O)OC. The molecule has 0 atom stereocenters. The van der Waals surface area contributed by atoms with Crippen LogP contribution in [-0.2, 0) is 9.47 Å². The van der Waals surface area contributed by atoms with E-state index in [4.69, 9.17) is 0 Å². The Labute approximate surface area is 85.8 Å². The van der Waals surface area contributed by atoms with Gasteiger partial charge in [-0.25, -0.2) is 4.79 Å². The lowest BCUT2D eigenvalue weighted by atomic mass is 10.5. The molecule has 5 heteroatoms. The molecule has 0 aliphatic heterocycles. The molecule has 0 aromatic rings. The molecule has 0 saturated heterocycles. The highest BCUT2D eigenvalue weighted by Gasteiger charge is 2.28. The van der Waals surface area contributed by atoms with Crippen molar-refractivity contribution in [1.82, 2.24) is 0 Å². The predicted molar refractivity (Wildman–Crippen MR) is 55.6 cm³/mol. The van der Waals surface area contributed by atoms with E-state index < -0.39 is 14.6 Å². The first-order valence-corrected chi connectivity index (χ1v) is 7.47. The van der Waals surface area contributed by atoms with Crippen LogP contribution >= 0.6 is 0 Å². The largest absolute Gasteiger partial charge is 0.507 e. The van der Waals surface area contributed by atoms with Gasteiger partial charge >= 0.3 is 6.16 Å². The van der Waals surface area contributed by atoms with E-state index in [-0.39, 0.29) is 6.61 Å². The van der Waals surface area contributed by atoms with Crippen molar-refractivity contribution in [2.45, 2.75) is 38.4 Å². The van der Waals surface area contributed by atoms with E-state index in [0.717, 1.165) is 0 Å². The zero-order valence-corrected chi connectivity index (χ0v) is 10.1. The second-order valence-corrected chi connectivity index (χ2v) is 7.48. The van der Waals surface area contributed by atoms with E-state index in [2.05, 4.69) is 9.47 Å². The molecule has 0 fully saturated rings. The molecule has 0 spiro atoms. The van der Waals surface area contributed by atoms with Crippen molar-refractivity contribution >= 4 is 14.6 Å². The topological polar surface area (TPSA) is 35.5 Å². The molecule has 0 unspecified atom stereocenters. The van der Waals surface area contributed by atoms with Crippen LogP contribution < -0.4 is 0 Å². The highest BCUT2D eigenvalue weighted by atomic mass is 28.4. The smallest absolute Gasteiger partial charge is 0.438 e. The second-order valence-electron chi connectivity index (χ2n) is 3.26. The summed E-state index contributed by atoms with van der Waals surface area (Å²) < 4.78 is 22.8. The van der Waals surface area contributed by atoms with Gasteiger partial charge in [-0.3, -0.25) is 0 Å². The molecular weight excluding hydrogens is 203 g/mol. The second kappa shape index (κ2) is 6.81. The van der Waals surface area contributed by atoms with Crippen molar-refractivity contribution in [2.75, 3.05) is 13.7 Å². The first-order chi connectivity index (χ1) is 6.58. The van der Waals surface area contributed by atoms with Gasteiger partial charge in [-0.2, -0.15) is 0 Å². The Bertz CT molecular complexity index is 171. The molecule has 0 aromatic heterocycles. The van der Waals surface area contributed by atoms with Crippen LogP contribution in [0.4, 0.5) is 8.90 Å². The van der Waals surface area contributed by atoms with E-state index in [1.165, 1.54) is 7.11 Å². The fraction of sp³-hybridized carbons (Fsp3) is 0.889. The third-order valence-electron chi connectivity index (χ3n) is 2.42. The van der Waals surface area contributed by atoms with Crippen LogP contribution in [0.25, 0.3) is 0 Å². The highest BCUT2D eigenvalue weighted by Crippen LogP contribution is 2.23. The molecule has 0 aliphatic rings. The summed E-state index contributed by atoms with van der Waals surface area (Å²) in [5.41, 5.74) is 0. The van der Waals surface area contributed by atoms with Crippen molar-refractivity contribution in [2.24, 2.45) is 0 Å². The molecule has 84 valence electrons. The van der Waals surface area contributed by atoms with E-state index >= 15 is 0 Å². The minimum Gasteiger partial charge on any atom is -0.438 e. The summed E-state index contributed by atoms with van der Waals surface area (Å²) in [4.78, 5) is 10.5. The lowest BCUT2D eigenvalue weighted by Gasteiger charge is -2.17. The molecule has 0 amide bonds. The average Bonchev–Trinajstić information content (AvgIpc) is 2.23. The lowest BCUT2D eigenvalue weighted by molar-refractivity contribution is 0.0727. The van der Waals surface area contributed by atoms with Gasteiger partial charge in [-0.05, 0) is 24.6 Å². The number of rotatable bonds is 6. The summed E-state index contributed by atoms with van der Waals surface area (Å²) in [6.45, 7) is 4.03. The number of hydrogen-bond donors (Lipinski definition) is 0. The minimum absolute atomic E-state index is 0.255. The maximum Gasteiger partial charge on any atom is 0.507 e. The van der Waals surface area contributed by atoms with Gasteiger partial charge in [0.15, 0.2) is 0 Å². The van der Waals surface area contributed by atoms with Crippen LogP contribution in [0.3, 0.4) is 0 Å². The monoisotopic (exact) mass is 222 g/mol. The Balaban J connectivity index is 3.57. The molecule has 14 heavy (non-hydrogen) atoms. The van der Waals surface area contributed by atoms with Crippen molar-refractivity contribution in [3.63, 3.8) is 0 Å². The normalized spacial score (nSPS) is 11.1. The Morgan fingerprint density at radius 1 is 1.36 bits per heavy atom. The van der Waals surface area contributed by atoms with Gasteiger partial charge in [0.1, 0.15) is 0 Å². The third-order valence-corrected chi connectivity index (χ3v) is 6.21. The van der Waals surface area contributed by atoms with Crippen molar-refractivity contribution in [1.29, 1.82) is 0 Å². The Morgan fingerprint density at radius 3 is 2.36 bits per heavy atom. The molecule has 0 aromatic carbocycles. The Morgan fingerprint density at radius 2 is 1.93 bits per heavy atom. The van der Waals surface area contributed by atoms with Gasteiger partial charge < -0.3 is 13.6 Å². The zero-order valence-electron chi connectivity index (χ0n) is 9.14. The third kappa shape index (κ3) is 5.21. The van der Waals surface area contributed by atoms with Gasteiger partial charge in [-0.15, -0.1) is 0 Å². The van der Waals surface area contributed by atoms with Crippen molar-refractivity contribution < 1.29 is 18.4 Å². The predicted octanol–water partition coefficient (Wildman–Crippen LogP) is 3.11. The number of halogens is 1. The quantitative estimate of drug-likeness (QED) is 0.300. The molecule has 0 radical (unpaired) electrons. The first-order valence-electron chi connectivity index (χ1n) is 4.97. The molecule has 0 rings (SSSR count). The molecule has 0 aliphatic carbocycles. The first kappa shape index (κ1) is 13.4. The van der Waals surface area contributed by atoms with Crippen LogP contribution in [0, 0.1) is 0 Å². The number of carbonyl (C=O) groups excluding carboxylic acids is 1. The summed E-state index contributed by atoms with van der Waals surface area (Å²) >= 11 is 0. The number of ether oxygens (including phenoxy) is 2. The Hall–Kier alpha value is -0.583.